The van der Waals surface area contributed by atoms with E-state index >= 15 is 0 Å². The third-order valence-electron chi connectivity index (χ3n) is 4.16. The summed E-state index contributed by atoms with van der Waals surface area (Å²) in [5, 5.41) is 2.88. The van der Waals surface area contributed by atoms with Crippen LogP contribution in [0, 0.1) is 0 Å². The highest BCUT2D eigenvalue weighted by Crippen LogP contribution is 2.14. The van der Waals surface area contributed by atoms with Gasteiger partial charge in [-0.3, -0.25) is 4.79 Å². The molecule has 1 aromatic heterocycles. The van der Waals surface area contributed by atoms with E-state index in [1.165, 1.54) is 4.57 Å². The molecule has 1 amide bonds. The van der Waals surface area contributed by atoms with Gasteiger partial charge in [0, 0.05) is 43.9 Å². The maximum Gasteiger partial charge on any atom is 0.410 e. The number of hydrogen-bond acceptors (Lipinski definition) is 7. The van der Waals surface area contributed by atoms with Gasteiger partial charge >= 0.3 is 6.09 Å². The molecule has 1 aliphatic rings. The highest BCUT2D eigenvalue weighted by molar-refractivity contribution is 9.10. The van der Waals surface area contributed by atoms with Crippen LogP contribution in [0.2, 0.25) is 0 Å². The van der Waals surface area contributed by atoms with E-state index in [-0.39, 0.29) is 17.5 Å². The Morgan fingerprint density at radius 1 is 1.17 bits per heavy atom. The summed E-state index contributed by atoms with van der Waals surface area (Å²) in [6, 6.07) is 1.66. The van der Waals surface area contributed by atoms with Crippen molar-refractivity contribution in [3.63, 3.8) is 0 Å². The van der Waals surface area contributed by atoms with Gasteiger partial charge in [0.25, 0.3) is 5.56 Å². The topological polar surface area (TPSA) is 119 Å². The summed E-state index contributed by atoms with van der Waals surface area (Å²) in [7, 11) is 1.66. The monoisotopic (exact) mass is 468 g/mol. The van der Waals surface area contributed by atoms with Crippen LogP contribution in [0.3, 0.4) is 0 Å². The van der Waals surface area contributed by atoms with Gasteiger partial charge in [-0.15, -0.1) is 0 Å². The fraction of sp³-hybridized carbons (Fsp3) is 0.474. The number of nitrogens with two attached hydrogens (primary N) is 2. The summed E-state index contributed by atoms with van der Waals surface area (Å²) in [6.07, 6.45) is 4.63. The van der Waals surface area contributed by atoms with E-state index in [4.69, 9.17) is 16.2 Å². The summed E-state index contributed by atoms with van der Waals surface area (Å²) < 4.78 is 7.60. The molecule has 0 unspecified atom stereocenters. The zero-order chi connectivity index (χ0) is 21.8. The van der Waals surface area contributed by atoms with Gasteiger partial charge in [0.1, 0.15) is 17.1 Å². The zero-order valence-corrected chi connectivity index (χ0v) is 18.8. The first-order chi connectivity index (χ1) is 13.5. The van der Waals surface area contributed by atoms with E-state index < -0.39 is 5.60 Å². The van der Waals surface area contributed by atoms with Gasteiger partial charge in [-0.25, -0.2) is 4.79 Å². The quantitative estimate of drug-likeness (QED) is 0.575. The Labute approximate surface area is 179 Å². The van der Waals surface area contributed by atoms with Gasteiger partial charge in [-0.2, -0.15) is 0 Å². The number of hydrogen-bond donors (Lipinski definition) is 3. The van der Waals surface area contributed by atoms with E-state index in [0.29, 0.717) is 37.7 Å². The number of carbonyl (C=O) groups is 1. The molecule has 0 aromatic carbocycles. The van der Waals surface area contributed by atoms with E-state index in [1.807, 2.05) is 25.7 Å². The minimum Gasteiger partial charge on any atom is -0.444 e. The average molecular weight is 469 g/mol. The molecule has 0 saturated carbocycles. The van der Waals surface area contributed by atoms with Crippen LogP contribution in [0.25, 0.3) is 0 Å². The van der Waals surface area contributed by atoms with Crippen molar-refractivity contribution < 1.29 is 9.53 Å². The number of allylic oxidation sites excluding steroid dienone is 2. The molecule has 1 aliphatic heterocycles. The number of nitrogens with zero attached hydrogens (tertiary/aromatic N) is 3. The molecule has 29 heavy (non-hydrogen) atoms. The SMILES string of the molecule is Cn1cc(Br)cc(N/C(N)=C/C=C(\N)N2CCN(C(=O)OC(C)(C)C)CC2)c1=O. The molecule has 160 valence electrons. The Kier molecular flexibility index (Phi) is 7.23. The van der Waals surface area contributed by atoms with Crippen LogP contribution in [0.15, 0.2) is 45.3 Å². The average Bonchev–Trinajstić information content (AvgIpc) is 2.62. The number of aromatic nitrogens is 1. The van der Waals surface area contributed by atoms with Crippen LogP contribution >= 0.6 is 15.9 Å². The summed E-state index contributed by atoms with van der Waals surface area (Å²) in [6.45, 7) is 7.76. The zero-order valence-electron chi connectivity index (χ0n) is 17.2. The van der Waals surface area contributed by atoms with Crippen molar-refractivity contribution in [2.75, 3.05) is 31.5 Å². The highest BCUT2D eigenvalue weighted by atomic mass is 79.9. The Morgan fingerprint density at radius 2 is 1.76 bits per heavy atom. The fourth-order valence-electron chi connectivity index (χ4n) is 2.71. The number of aryl methyl sites for hydroxylation is 1. The fourth-order valence-corrected chi connectivity index (χ4v) is 3.25. The van der Waals surface area contributed by atoms with E-state index in [0.717, 1.165) is 4.47 Å². The van der Waals surface area contributed by atoms with Crippen molar-refractivity contribution in [3.8, 4) is 0 Å². The van der Waals surface area contributed by atoms with Gasteiger partial charge in [-0.05, 0) is 54.9 Å². The van der Waals surface area contributed by atoms with Crippen LogP contribution in [0.1, 0.15) is 20.8 Å². The Bertz CT molecular complexity index is 864. The Balaban J connectivity index is 1.95. The van der Waals surface area contributed by atoms with Crippen molar-refractivity contribution in [1.82, 2.24) is 14.4 Å². The standard InChI is InChI=1S/C19H29BrN6O3/c1-19(2,3)29-18(28)26-9-7-25(8-10-26)16(22)6-5-15(21)23-14-11-13(20)12-24(4)17(14)27/h5-6,11-12,23H,7-10,21-22H2,1-4H3/b15-5+,16-6+. The van der Waals surface area contributed by atoms with Gasteiger partial charge in [0.2, 0.25) is 0 Å². The molecular formula is C19H29BrN6O3. The molecule has 1 fully saturated rings. The molecule has 0 atom stereocenters. The first-order valence-corrected chi connectivity index (χ1v) is 10.0. The maximum atomic E-state index is 12.1. The molecule has 1 saturated heterocycles. The third-order valence-corrected chi connectivity index (χ3v) is 4.59. The Hall–Kier alpha value is -2.62. The van der Waals surface area contributed by atoms with E-state index in [2.05, 4.69) is 21.2 Å². The lowest BCUT2D eigenvalue weighted by atomic mass is 10.2. The minimum atomic E-state index is -0.516. The summed E-state index contributed by atoms with van der Waals surface area (Å²) in [5.74, 6) is 0.816. The van der Waals surface area contributed by atoms with Crippen molar-refractivity contribution in [1.29, 1.82) is 0 Å². The number of piperazine rings is 1. The van der Waals surface area contributed by atoms with Crippen molar-refractivity contribution in [2.45, 2.75) is 26.4 Å². The van der Waals surface area contributed by atoms with Crippen LogP contribution < -0.4 is 22.3 Å². The van der Waals surface area contributed by atoms with Crippen LogP contribution in [-0.4, -0.2) is 52.2 Å². The molecule has 9 nitrogen and oxygen atoms in total. The number of pyridine rings is 1. The van der Waals surface area contributed by atoms with Crippen molar-refractivity contribution in [3.05, 3.63) is 50.9 Å². The number of nitrogens with one attached hydrogen (secondary N) is 1. The molecule has 5 N–H and O–H groups in total. The second kappa shape index (κ2) is 9.25. The summed E-state index contributed by atoms with van der Waals surface area (Å²) in [4.78, 5) is 27.9. The molecule has 0 radical (unpaired) electrons. The first-order valence-electron chi connectivity index (χ1n) is 9.25. The summed E-state index contributed by atoms with van der Waals surface area (Å²) >= 11 is 3.35. The second-order valence-electron chi connectivity index (χ2n) is 7.78. The lowest BCUT2D eigenvalue weighted by molar-refractivity contribution is 0.0168. The molecule has 2 rings (SSSR count). The number of amides is 1. The molecule has 2 heterocycles. The number of rotatable bonds is 4. The predicted molar refractivity (Wildman–Crippen MR) is 117 cm³/mol. The van der Waals surface area contributed by atoms with Crippen LogP contribution in [0.5, 0.6) is 0 Å². The van der Waals surface area contributed by atoms with Gasteiger partial charge in [0.05, 0.1) is 5.82 Å². The smallest absolute Gasteiger partial charge is 0.410 e. The molecular weight excluding hydrogens is 440 g/mol. The van der Waals surface area contributed by atoms with E-state index in [9.17, 15) is 9.59 Å². The van der Waals surface area contributed by atoms with Gasteiger partial charge in [0.15, 0.2) is 0 Å². The highest BCUT2D eigenvalue weighted by Gasteiger charge is 2.25. The van der Waals surface area contributed by atoms with Crippen LogP contribution in [-0.2, 0) is 11.8 Å². The normalized spacial score (nSPS) is 16.0. The number of halogens is 1. The first kappa shape index (κ1) is 22.7. The Morgan fingerprint density at radius 3 is 2.34 bits per heavy atom. The van der Waals surface area contributed by atoms with Crippen LogP contribution in [0.4, 0.5) is 10.5 Å². The number of ether oxygens (including phenoxy) is 1. The lowest BCUT2D eigenvalue weighted by Gasteiger charge is -2.36. The molecule has 0 bridgehead atoms. The summed E-state index contributed by atoms with van der Waals surface area (Å²) in [5.41, 5.74) is 11.8. The largest absolute Gasteiger partial charge is 0.444 e. The van der Waals surface area contributed by atoms with Crippen molar-refractivity contribution in [2.24, 2.45) is 18.5 Å². The molecule has 0 aliphatic carbocycles. The molecule has 0 spiro atoms. The maximum absolute atomic E-state index is 12.1. The second-order valence-corrected chi connectivity index (χ2v) is 8.70. The molecule has 10 heteroatoms. The number of carbonyl (C=O) groups excluding carboxylic acids is 1. The third kappa shape index (κ3) is 6.74. The molecule has 1 aromatic rings. The van der Waals surface area contributed by atoms with E-state index in [1.54, 1.807) is 36.4 Å². The van der Waals surface area contributed by atoms with Gasteiger partial charge in [-0.1, -0.05) is 0 Å². The lowest BCUT2D eigenvalue weighted by Crippen LogP contribution is -2.50. The minimum absolute atomic E-state index is 0.195. The van der Waals surface area contributed by atoms with Crippen molar-refractivity contribution >= 4 is 27.7 Å². The van der Waals surface area contributed by atoms with Gasteiger partial charge < -0.3 is 35.9 Å². The number of anilines is 1. The predicted octanol–water partition coefficient (Wildman–Crippen LogP) is 1.71.